The zero-order valence-electron chi connectivity index (χ0n) is 11.6. The fourth-order valence-electron chi connectivity index (χ4n) is 2.27. The van der Waals surface area contributed by atoms with Gasteiger partial charge < -0.3 is 4.90 Å². The Balaban J connectivity index is 2.31. The second-order valence-electron chi connectivity index (χ2n) is 4.70. The Hall–Kier alpha value is -1.80. The van der Waals surface area contributed by atoms with Crippen molar-refractivity contribution in [3.63, 3.8) is 0 Å². The number of benzene rings is 2. The summed E-state index contributed by atoms with van der Waals surface area (Å²) in [5.41, 5.74) is 2.69. The maximum Gasteiger partial charge on any atom is 0.254 e. The van der Waals surface area contributed by atoms with Crippen LogP contribution in [0.1, 0.15) is 29.3 Å². The van der Waals surface area contributed by atoms with E-state index >= 15 is 0 Å². The molecular weight excluding hydrogens is 270 g/mol. The van der Waals surface area contributed by atoms with Crippen molar-refractivity contribution in [1.29, 1.82) is 0 Å². The van der Waals surface area contributed by atoms with Crippen LogP contribution in [0.25, 0.3) is 0 Å². The van der Waals surface area contributed by atoms with Crippen LogP contribution in [0.2, 0.25) is 0 Å². The number of hydrogen-bond donors (Lipinski definition) is 0. The first kappa shape index (κ1) is 14.6. The van der Waals surface area contributed by atoms with E-state index in [4.69, 9.17) is 11.6 Å². The lowest BCUT2D eigenvalue weighted by atomic mass is 10.1. The van der Waals surface area contributed by atoms with Gasteiger partial charge in [-0.15, -0.1) is 0 Å². The smallest absolute Gasteiger partial charge is 0.254 e. The van der Waals surface area contributed by atoms with Crippen LogP contribution in [-0.2, 0) is 6.54 Å². The van der Waals surface area contributed by atoms with E-state index in [1.165, 1.54) is 5.56 Å². The molecular formula is C17H18ClNO. The molecule has 0 saturated carbocycles. The number of carbonyl (C=O) groups is 1. The van der Waals surface area contributed by atoms with Crippen LogP contribution in [-0.4, -0.2) is 11.8 Å². The van der Waals surface area contributed by atoms with Crippen molar-refractivity contribution in [2.75, 3.05) is 11.4 Å². The summed E-state index contributed by atoms with van der Waals surface area (Å²) < 4.78 is 0. The van der Waals surface area contributed by atoms with Gasteiger partial charge >= 0.3 is 0 Å². The van der Waals surface area contributed by atoms with E-state index in [9.17, 15) is 4.79 Å². The highest BCUT2D eigenvalue weighted by Crippen LogP contribution is 2.24. The van der Waals surface area contributed by atoms with Crippen molar-refractivity contribution in [3.8, 4) is 0 Å². The van der Waals surface area contributed by atoms with Gasteiger partial charge in [-0.25, -0.2) is 0 Å². The van der Waals surface area contributed by atoms with Crippen LogP contribution < -0.4 is 4.90 Å². The van der Waals surface area contributed by atoms with Gasteiger partial charge in [0.1, 0.15) is 0 Å². The summed E-state index contributed by atoms with van der Waals surface area (Å²) in [6.07, 6.45) is 1.01. The molecule has 0 amide bonds. The number of nitrogens with zero attached hydrogens (tertiary/aromatic N) is 1. The van der Waals surface area contributed by atoms with Crippen molar-refractivity contribution in [1.82, 2.24) is 0 Å². The molecule has 104 valence electrons. The van der Waals surface area contributed by atoms with E-state index in [-0.39, 0.29) is 0 Å². The molecule has 0 atom stereocenters. The number of halogens is 1. The number of para-hydroxylation sites is 1. The molecule has 0 saturated heterocycles. The van der Waals surface area contributed by atoms with Crippen LogP contribution in [0.3, 0.4) is 0 Å². The van der Waals surface area contributed by atoms with E-state index in [2.05, 4.69) is 24.0 Å². The minimum Gasteiger partial charge on any atom is -0.367 e. The zero-order valence-corrected chi connectivity index (χ0v) is 12.3. The molecule has 2 aromatic carbocycles. The molecule has 2 rings (SSSR count). The number of hydrogen-bond acceptors (Lipinski definition) is 2. The summed E-state index contributed by atoms with van der Waals surface area (Å²) in [5, 5.41) is -0.408. The van der Waals surface area contributed by atoms with Gasteiger partial charge in [-0.1, -0.05) is 49.4 Å². The standard InChI is InChI=1S/C17H18ClNO/c1-2-12-19(13-14-8-4-3-5-9-14)16-11-7-6-10-15(16)17(18)20/h3-11H,2,12-13H2,1H3. The molecule has 0 radical (unpaired) electrons. The first-order valence-electron chi connectivity index (χ1n) is 6.80. The van der Waals surface area contributed by atoms with Crippen LogP contribution in [0.5, 0.6) is 0 Å². The summed E-state index contributed by atoms with van der Waals surface area (Å²) in [7, 11) is 0. The molecule has 0 aliphatic heterocycles. The predicted octanol–water partition coefficient (Wildman–Crippen LogP) is 4.48. The van der Waals surface area contributed by atoms with Gasteiger partial charge in [0.25, 0.3) is 5.24 Å². The van der Waals surface area contributed by atoms with E-state index < -0.39 is 5.24 Å². The first-order chi connectivity index (χ1) is 9.72. The molecule has 0 bridgehead atoms. The average molecular weight is 288 g/mol. The zero-order chi connectivity index (χ0) is 14.4. The predicted molar refractivity (Wildman–Crippen MR) is 84.4 cm³/mol. The fourth-order valence-corrected chi connectivity index (χ4v) is 2.43. The highest BCUT2D eigenvalue weighted by Gasteiger charge is 2.14. The normalized spacial score (nSPS) is 10.3. The number of anilines is 1. The largest absolute Gasteiger partial charge is 0.367 e. The number of carbonyl (C=O) groups excluding carboxylic acids is 1. The van der Waals surface area contributed by atoms with E-state index in [0.717, 1.165) is 25.2 Å². The van der Waals surface area contributed by atoms with Gasteiger partial charge in [0.15, 0.2) is 0 Å². The van der Waals surface area contributed by atoms with Crippen LogP contribution >= 0.6 is 11.6 Å². The fraction of sp³-hybridized carbons (Fsp3) is 0.235. The average Bonchev–Trinajstić information content (AvgIpc) is 2.48. The molecule has 0 spiro atoms. The molecule has 20 heavy (non-hydrogen) atoms. The molecule has 2 aromatic rings. The van der Waals surface area contributed by atoms with Crippen molar-refractivity contribution < 1.29 is 4.79 Å². The Morgan fingerprint density at radius 1 is 1.05 bits per heavy atom. The summed E-state index contributed by atoms with van der Waals surface area (Å²) in [4.78, 5) is 13.8. The van der Waals surface area contributed by atoms with Gasteiger partial charge in [0.2, 0.25) is 0 Å². The van der Waals surface area contributed by atoms with Crippen molar-refractivity contribution >= 4 is 22.5 Å². The minimum absolute atomic E-state index is 0.408. The Morgan fingerprint density at radius 3 is 2.35 bits per heavy atom. The third-order valence-electron chi connectivity index (χ3n) is 3.17. The van der Waals surface area contributed by atoms with Crippen molar-refractivity contribution in [2.45, 2.75) is 19.9 Å². The lowest BCUT2D eigenvalue weighted by Crippen LogP contribution is -2.25. The molecule has 0 aliphatic carbocycles. The quantitative estimate of drug-likeness (QED) is 0.730. The van der Waals surface area contributed by atoms with Crippen molar-refractivity contribution in [2.24, 2.45) is 0 Å². The van der Waals surface area contributed by atoms with Gasteiger partial charge in [-0.2, -0.15) is 0 Å². The topological polar surface area (TPSA) is 20.3 Å². The summed E-state index contributed by atoms with van der Waals surface area (Å²) in [6.45, 7) is 3.79. The Labute approximate surface area is 125 Å². The van der Waals surface area contributed by atoms with Crippen molar-refractivity contribution in [3.05, 3.63) is 65.7 Å². The molecule has 0 fully saturated rings. The third-order valence-corrected chi connectivity index (χ3v) is 3.37. The summed E-state index contributed by atoms with van der Waals surface area (Å²) >= 11 is 5.69. The lowest BCUT2D eigenvalue weighted by molar-refractivity contribution is 0.108. The van der Waals surface area contributed by atoms with Gasteiger partial charge in [0.05, 0.1) is 5.56 Å². The Kier molecular flexibility index (Phi) is 5.19. The molecule has 0 unspecified atom stereocenters. The number of rotatable bonds is 6. The van der Waals surface area contributed by atoms with Crippen LogP contribution in [0.4, 0.5) is 5.69 Å². The van der Waals surface area contributed by atoms with Gasteiger partial charge in [0, 0.05) is 18.8 Å². The van der Waals surface area contributed by atoms with E-state index in [0.29, 0.717) is 5.56 Å². The summed E-state index contributed by atoms with van der Waals surface area (Å²) in [5.74, 6) is 0. The molecule has 0 aliphatic rings. The van der Waals surface area contributed by atoms with Crippen LogP contribution in [0, 0.1) is 0 Å². The molecule has 0 heterocycles. The molecule has 2 nitrogen and oxygen atoms in total. The Morgan fingerprint density at radius 2 is 1.70 bits per heavy atom. The van der Waals surface area contributed by atoms with Crippen LogP contribution in [0.15, 0.2) is 54.6 Å². The van der Waals surface area contributed by atoms with E-state index in [1.807, 2.05) is 36.4 Å². The first-order valence-corrected chi connectivity index (χ1v) is 7.18. The second kappa shape index (κ2) is 7.11. The highest BCUT2D eigenvalue weighted by molar-refractivity contribution is 6.68. The maximum atomic E-state index is 11.6. The minimum atomic E-state index is -0.408. The molecule has 0 N–H and O–H groups in total. The van der Waals surface area contributed by atoms with Gasteiger partial charge in [-0.3, -0.25) is 4.79 Å². The van der Waals surface area contributed by atoms with E-state index in [1.54, 1.807) is 6.07 Å². The van der Waals surface area contributed by atoms with Gasteiger partial charge in [-0.05, 0) is 35.7 Å². The summed E-state index contributed by atoms with van der Waals surface area (Å²) in [6, 6.07) is 17.7. The Bertz CT molecular complexity index is 568. The maximum absolute atomic E-state index is 11.6. The second-order valence-corrected chi connectivity index (χ2v) is 5.04. The SMILES string of the molecule is CCCN(Cc1ccccc1)c1ccccc1C(=O)Cl. The lowest BCUT2D eigenvalue weighted by Gasteiger charge is -2.26. The highest BCUT2D eigenvalue weighted by atomic mass is 35.5. The third kappa shape index (κ3) is 3.61. The monoisotopic (exact) mass is 287 g/mol. The molecule has 0 aromatic heterocycles. The molecule has 3 heteroatoms.